The average Bonchev–Trinajstić information content (AvgIpc) is 2.55. The fourth-order valence-electron chi connectivity index (χ4n) is 1.82. The number of halogens is 1. The number of carbonyl (C=O) groups is 1. The van der Waals surface area contributed by atoms with Crippen LogP contribution in [0.5, 0.6) is 5.75 Å². The van der Waals surface area contributed by atoms with Gasteiger partial charge in [0.25, 0.3) is 5.91 Å². The van der Waals surface area contributed by atoms with Gasteiger partial charge in [0.15, 0.2) is 5.11 Å². The van der Waals surface area contributed by atoms with E-state index >= 15 is 0 Å². The Morgan fingerprint density at radius 2 is 1.96 bits per heavy atom. The lowest BCUT2D eigenvalue weighted by atomic mass is 10.2. The summed E-state index contributed by atoms with van der Waals surface area (Å²) in [5.41, 5.74) is 1.30. The van der Waals surface area contributed by atoms with Crippen molar-refractivity contribution in [2.45, 2.75) is 13.3 Å². The molecule has 23 heavy (non-hydrogen) atoms. The number of nitrogens with one attached hydrogen (secondary N) is 2. The van der Waals surface area contributed by atoms with Crippen LogP contribution in [0.2, 0.25) is 0 Å². The predicted octanol–water partition coefficient (Wildman–Crippen LogP) is 4.36. The zero-order valence-corrected chi connectivity index (χ0v) is 15.0. The van der Waals surface area contributed by atoms with Crippen molar-refractivity contribution in [3.05, 3.63) is 58.6 Å². The summed E-state index contributed by atoms with van der Waals surface area (Å²) in [6.45, 7) is 2.65. The Labute approximate surface area is 149 Å². The van der Waals surface area contributed by atoms with E-state index < -0.39 is 0 Å². The molecular weight excluding hydrogens is 376 g/mol. The van der Waals surface area contributed by atoms with Crippen molar-refractivity contribution < 1.29 is 9.53 Å². The van der Waals surface area contributed by atoms with Crippen molar-refractivity contribution in [1.29, 1.82) is 0 Å². The molecule has 0 unspecified atom stereocenters. The average molecular weight is 393 g/mol. The van der Waals surface area contributed by atoms with E-state index in [0.717, 1.165) is 16.6 Å². The Morgan fingerprint density at radius 3 is 2.65 bits per heavy atom. The summed E-state index contributed by atoms with van der Waals surface area (Å²) in [5, 5.41) is 5.87. The van der Waals surface area contributed by atoms with Crippen LogP contribution in [0.25, 0.3) is 0 Å². The van der Waals surface area contributed by atoms with Crippen molar-refractivity contribution in [3.63, 3.8) is 0 Å². The van der Waals surface area contributed by atoms with E-state index in [1.807, 2.05) is 37.3 Å². The molecule has 0 atom stereocenters. The molecule has 2 aromatic rings. The summed E-state index contributed by atoms with van der Waals surface area (Å²) in [7, 11) is 0. The van der Waals surface area contributed by atoms with Gasteiger partial charge in [-0.25, -0.2) is 0 Å². The van der Waals surface area contributed by atoms with Crippen LogP contribution in [-0.2, 0) is 0 Å². The Morgan fingerprint density at radius 1 is 1.22 bits per heavy atom. The van der Waals surface area contributed by atoms with Gasteiger partial charge in [0.05, 0.1) is 6.61 Å². The van der Waals surface area contributed by atoms with Gasteiger partial charge >= 0.3 is 0 Å². The number of carbonyl (C=O) groups excluding carboxylic acids is 1. The number of hydrogen-bond donors (Lipinski definition) is 2. The van der Waals surface area contributed by atoms with Crippen LogP contribution in [0.1, 0.15) is 23.7 Å². The molecule has 0 fully saturated rings. The van der Waals surface area contributed by atoms with E-state index in [9.17, 15) is 4.79 Å². The summed E-state index contributed by atoms with van der Waals surface area (Å²) in [4.78, 5) is 12.2. The highest BCUT2D eigenvalue weighted by atomic mass is 79.9. The highest BCUT2D eigenvalue weighted by molar-refractivity contribution is 9.10. The molecule has 0 aliphatic carbocycles. The minimum Gasteiger partial charge on any atom is -0.494 e. The number of benzene rings is 2. The minimum absolute atomic E-state index is 0.247. The van der Waals surface area contributed by atoms with E-state index in [1.165, 1.54) is 0 Å². The second kappa shape index (κ2) is 8.64. The molecule has 0 aliphatic heterocycles. The van der Waals surface area contributed by atoms with Crippen LogP contribution in [0.3, 0.4) is 0 Å². The molecule has 6 heteroatoms. The quantitative estimate of drug-likeness (QED) is 0.741. The summed E-state index contributed by atoms with van der Waals surface area (Å²) in [6.07, 6.45) is 0.914. The molecule has 2 N–H and O–H groups in total. The molecule has 4 nitrogen and oxygen atoms in total. The molecule has 0 radical (unpaired) electrons. The Balaban J connectivity index is 1.95. The predicted molar refractivity (Wildman–Crippen MR) is 100 cm³/mol. The lowest BCUT2D eigenvalue weighted by Crippen LogP contribution is -2.34. The fourth-order valence-corrected chi connectivity index (χ4v) is 2.29. The molecule has 0 saturated heterocycles. The highest BCUT2D eigenvalue weighted by Crippen LogP contribution is 2.15. The van der Waals surface area contributed by atoms with E-state index in [0.29, 0.717) is 17.9 Å². The molecule has 0 spiro atoms. The third-order valence-electron chi connectivity index (χ3n) is 2.90. The first-order chi connectivity index (χ1) is 11.1. The molecule has 2 aromatic carbocycles. The SMILES string of the molecule is CCCOc1cccc(C(=O)NC(=S)Nc2ccc(Br)cc2)c1. The minimum atomic E-state index is -0.276. The van der Waals surface area contributed by atoms with E-state index in [2.05, 4.69) is 26.6 Å². The van der Waals surface area contributed by atoms with E-state index in [1.54, 1.807) is 18.2 Å². The number of thiocarbonyl (C=S) groups is 1. The summed E-state index contributed by atoms with van der Waals surface area (Å²) < 4.78 is 6.50. The molecule has 1 amide bonds. The van der Waals surface area contributed by atoms with Gasteiger partial charge in [-0.05, 0) is 61.1 Å². The van der Waals surface area contributed by atoms with Crippen LogP contribution in [0.4, 0.5) is 5.69 Å². The van der Waals surface area contributed by atoms with Crippen molar-refractivity contribution in [1.82, 2.24) is 5.32 Å². The molecule has 120 valence electrons. The Bertz CT molecular complexity index is 689. The lowest BCUT2D eigenvalue weighted by Gasteiger charge is -2.10. The normalized spacial score (nSPS) is 10.0. The maximum absolute atomic E-state index is 12.2. The third-order valence-corrected chi connectivity index (χ3v) is 3.63. The lowest BCUT2D eigenvalue weighted by molar-refractivity contribution is 0.0977. The maximum Gasteiger partial charge on any atom is 0.257 e. The van der Waals surface area contributed by atoms with Crippen LogP contribution >= 0.6 is 28.1 Å². The van der Waals surface area contributed by atoms with Crippen molar-refractivity contribution in [2.75, 3.05) is 11.9 Å². The van der Waals surface area contributed by atoms with E-state index in [4.69, 9.17) is 17.0 Å². The second-order valence-electron chi connectivity index (χ2n) is 4.79. The first kappa shape index (κ1) is 17.4. The number of rotatable bonds is 5. The largest absolute Gasteiger partial charge is 0.494 e. The van der Waals surface area contributed by atoms with Crippen molar-refractivity contribution in [2.24, 2.45) is 0 Å². The van der Waals surface area contributed by atoms with Gasteiger partial charge in [-0.1, -0.05) is 28.9 Å². The third kappa shape index (κ3) is 5.65. The maximum atomic E-state index is 12.2. The second-order valence-corrected chi connectivity index (χ2v) is 6.12. The number of ether oxygens (including phenoxy) is 1. The number of anilines is 1. The molecule has 0 saturated carbocycles. The van der Waals surface area contributed by atoms with E-state index in [-0.39, 0.29) is 11.0 Å². The first-order valence-electron chi connectivity index (χ1n) is 7.19. The standard InChI is InChI=1S/C17H17BrN2O2S/c1-2-10-22-15-5-3-4-12(11-15)16(21)20-17(23)19-14-8-6-13(18)7-9-14/h3-9,11H,2,10H2,1H3,(H2,19,20,21,23). The smallest absolute Gasteiger partial charge is 0.257 e. The van der Waals surface area contributed by atoms with Gasteiger partial charge < -0.3 is 10.1 Å². The Hall–Kier alpha value is -1.92. The van der Waals surface area contributed by atoms with Gasteiger partial charge in [0, 0.05) is 15.7 Å². The summed E-state index contributed by atoms with van der Waals surface area (Å²) in [6, 6.07) is 14.5. The highest BCUT2D eigenvalue weighted by Gasteiger charge is 2.09. The first-order valence-corrected chi connectivity index (χ1v) is 8.39. The zero-order chi connectivity index (χ0) is 16.7. The monoisotopic (exact) mass is 392 g/mol. The number of amides is 1. The number of hydrogen-bond acceptors (Lipinski definition) is 3. The summed E-state index contributed by atoms with van der Waals surface area (Å²) >= 11 is 8.53. The summed E-state index contributed by atoms with van der Waals surface area (Å²) in [5.74, 6) is 0.396. The van der Waals surface area contributed by atoms with Gasteiger partial charge in [0.1, 0.15) is 5.75 Å². The van der Waals surface area contributed by atoms with Gasteiger partial charge in [-0.15, -0.1) is 0 Å². The van der Waals surface area contributed by atoms with Crippen LogP contribution in [0, 0.1) is 0 Å². The molecule has 0 heterocycles. The van der Waals surface area contributed by atoms with Crippen LogP contribution < -0.4 is 15.4 Å². The molecule has 2 rings (SSSR count). The molecule has 0 bridgehead atoms. The molecule has 0 aromatic heterocycles. The van der Waals surface area contributed by atoms with Gasteiger partial charge in [-0.3, -0.25) is 10.1 Å². The zero-order valence-electron chi connectivity index (χ0n) is 12.6. The van der Waals surface area contributed by atoms with Crippen molar-refractivity contribution in [3.8, 4) is 5.75 Å². The van der Waals surface area contributed by atoms with Gasteiger partial charge in [-0.2, -0.15) is 0 Å². The van der Waals surface area contributed by atoms with Crippen molar-refractivity contribution >= 4 is 44.9 Å². The fraction of sp³-hybridized carbons (Fsp3) is 0.176. The van der Waals surface area contributed by atoms with Crippen LogP contribution in [-0.4, -0.2) is 17.6 Å². The Kier molecular flexibility index (Phi) is 6.55. The van der Waals surface area contributed by atoms with Gasteiger partial charge in [0.2, 0.25) is 0 Å². The molecular formula is C17H17BrN2O2S. The molecule has 0 aliphatic rings. The van der Waals surface area contributed by atoms with Crippen LogP contribution in [0.15, 0.2) is 53.0 Å². The topological polar surface area (TPSA) is 50.4 Å².